The largest absolute Gasteiger partial charge is 0.489 e. The Balaban J connectivity index is 1.94. The number of aryl methyl sites for hydroxylation is 1. The first kappa shape index (κ1) is 15.6. The zero-order valence-electron chi connectivity index (χ0n) is 14.0. The van der Waals surface area contributed by atoms with Crippen molar-refractivity contribution in [1.29, 1.82) is 0 Å². The average Bonchev–Trinajstić information content (AvgIpc) is 2.91. The third kappa shape index (κ3) is 3.25. The molecular weight excluding hydrogens is 284 g/mol. The molecule has 0 saturated heterocycles. The average molecular weight is 308 g/mol. The molecule has 0 spiro atoms. The van der Waals surface area contributed by atoms with Crippen molar-refractivity contribution in [2.45, 2.75) is 40.0 Å². The molecule has 0 amide bonds. The molecule has 0 radical (unpaired) electrons. The van der Waals surface area contributed by atoms with E-state index in [1.54, 1.807) is 0 Å². The monoisotopic (exact) mass is 308 g/mol. The standard InChI is InChI=1S/C20H24N2O/c1-14(2)22-12-17(13-23-18-6-4-5-15(3)9-18)19-8-7-16(11-21)10-20(19)22/h4-10,12,14H,11,13,21H2,1-3H3. The third-order valence-electron chi connectivity index (χ3n) is 4.16. The highest BCUT2D eigenvalue weighted by molar-refractivity contribution is 5.84. The maximum Gasteiger partial charge on any atom is 0.120 e. The van der Waals surface area contributed by atoms with Gasteiger partial charge in [0.1, 0.15) is 12.4 Å². The molecule has 1 heterocycles. The maximum absolute atomic E-state index is 5.99. The Kier molecular flexibility index (Phi) is 4.39. The van der Waals surface area contributed by atoms with Gasteiger partial charge in [0.05, 0.1) is 0 Å². The first-order valence-electron chi connectivity index (χ1n) is 8.10. The summed E-state index contributed by atoms with van der Waals surface area (Å²) >= 11 is 0. The van der Waals surface area contributed by atoms with Crippen LogP contribution in [0.15, 0.2) is 48.7 Å². The smallest absolute Gasteiger partial charge is 0.120 e. The van der Waals surface area contributed by atoms with Gasteiger partial charge in [-0.1, -0.05) is 24.3 Å². The van der Waals surface area contributed by atoms with Crippen molar-refractivity contribution in [3.8, 4) is 5.75 Å². The Hall–Kier alpha value is -2.26. The predicted molar refractivity (Wildman–Crippen MR) is 95.7 cm³/mol. The van der Waals surface area contributed by atoms with Crippen LogP contribution < -0.4 is 10.5 Å². The van der Waals surface area contributed by atoms with Crippen LogP contribution in [-0.2, 0) is 13.2 Å². The van der Waals surface area contributed by atoms with E-state index in [2.05, 4.69) is 61.9 Å². The van der Waals surface area contributed by atoms with E-state index in [1.165, 1.54) is 22.0 Å². The summed E-state index contributed by atoms with van der Waals surface area (Å²) in [6.07, 6.45) is 2.20. The Morgan fingerprint density at radius 3 is 2.65 bits per heavy atom. The maximum atomic E-state index is 5.99. The normalized spacial score (nSPS) is 11.3. The van der Waals surface area contributed by atoms with Crippen LogP contribution in [0.1, 0.15) is 36.6 Å². The lowest BCUT2D eigenvalue weighted by molar-refractivity contribution is 0.307. The highest BCUT2D eigenvalue weighted by Crippen LogP contribution is 2.27. The number of nitrogens with two attached hydrogens (primary N) is 1. The van der Waals surface area contributed by atoms with Crippen LogP contribution in [-0.4, -0.2) is 4.57 Å². The highest BCUT2D eigenvalue weighted by atomic mass is 16.5. The lowest BCUT2D eigenvalue weighted by Crippen LogP contribution is -2.00. The molecule has 0 aliphatic carbocycles. The summed E-state index contributed by atoms with van der Waals surface area (Å²) in [5, 5.41) is 1.24. The minimum Gasteiger partial charge on any atom is -0.489 e. The van der Waals surface area contributed by atoms with Crippen LogP contribution in [0.5, 0.6) is 5.75 Å². The van der Waals surface area contributed by atoms with Crippen molar-refractivity contribution in [2.24, 2.45) is 5.73 Å². The number of aromatic nitrogens is 1. The van der Waals surface area contributed by atoms with Gasteiger partial charge in [0.15, 0.2) is 0 Å². The molecule has 0 bridgehead atoms. The summed E-state index contributed by atoms with van der Waals surface area (Å²) in [6, 6.07) is 15.0. The number of benzene rings is 2. The van der Waals surface area contributed by atoms with E-state index >= 15 is 0 Å². The van der Waals surface area contributed by atoms with Crippen LogP contribution in [0, 0.1) is 6.92 Å². The van der Waals surface area contributed by atoms with E-state index in [1.807, 2.05) is 12.1 Å². The minimum atomic E-state index is 0.401. The van der Waals surface area contributed by atoms with E-state index in [9.17, 15) is 0 Å². The van der Waals surface area contributed by atoms with E-state index < -0.39 is 0 Å². The van der Waals surface area contributed by atoms with Crippen molar-refractivity contribution in [2.75, 3.05) is 0 Å². The molecule has 0 saturated carbocycles. The van der Waals surface area contributed by atoms with Crippen molar-refractivity contribution in [3.05, 3.63) is 65.4 Å². The van der Waals surface area contributed by atoms with Crippen molar-refractivity contribution < 1.29 is 4.74 Å². The summed E-state index contributed by atoms with van der Waals surface area (Å²) in [4.78, 5) is 0. The molecule has 0 atom stereocenters. The lowest BCUT2D eigenvalue weighted by Gasteiger charge is -2.09. The molecule has 3 nitrogen and oxygen atoms in total. The summed E-state index contributed by atoms with van der Waals surface area (Å²) in [7, 11) is 0. The molecule has 0 aliphatic rings. The molecule has 1 aromatic heterocycles. The Morgan fingerprint density at radius 2 is 1.96 bits per heavy atom. The molecule has 120 valence electrons. The zero-order valence-corrected chi connectivity index (χ0v) is 14.0. The fourth-order valence-electron chi connectivity index (χ4n) is 2.90. The number of hydrogen-bond donors (Lipinski definition) is 1. The van der Waals surface area contributed by atoms with Gasteiger partial charge in [-0.05, 0) is 50.1 Å². The molecule has 0 fully saturated rings. The molecule has 3 heteroatoms. The van der Waals surface area contributed by atoms with E-state index in [-0.39, 0.29) is 0 Å². The Labute approximate surface area is 137 Å². The SMILES string of the molecule is Cc1cccc(OCc2cn(C(C)C)c3cc(CN)ccc23)c1. The van der Waals surface area contributed by atoms with Gasteiger partial charge in [0, 0.05) is 35.2 Å². The van der Waals surface area contributed by atoms with Gasteiger partial charge in [0.2, 0.25) is 0 Å². The van der Waals surface area contributed by atoms with Crippen molar-refractivity contribution in [3.63, 3.8) is 0 Å². The number of nitrogens with zero attached hydrogens (tertiary/aromatic N) is 1. The molecular formula is C20H24N2O. The second kappa shape index (κ2) is 6.47. The van der Waals surface area contributed by atoms with Gasteiger partial charge in [-0.15, -0.1) is 0 Å². The fourth-order valence-corrected chi connectivity index (χ4v) is 2.90. The first-order valence-corrected chi connectivity index (χ1v) is 8.10. The zero-order chi connectivity index (χ0) is 16.4. The molecule has 2 aromatic carbocycles. The molecule has 0 unspecified atom stereocenters. The van der Waals surface area contributed by atoms with Gasteiger partial charge in [-0.2, -0.15) is 0 Å². The highest BCUT2D eigenvalue weighted by Gasteiger charge is 2.11. The van der Waals surface area contributed by atoms with Gasteiger partial charge in [0.25, 0.3) is 0 Å². The third-order valence-corrected chi connectivity index (χ3v) is 4.16. The second-order valence-corrected chi connectivity index (χ2v) is 6.32. The topological polar surface area (TPSA) is 40.2 Å². The second-order valence-electron chi connectivity index (χ2n) is 6.32. The van der Waals surface area contributed by atoms with E-state index in [0.29, 0.717) is 19.2 Å². The van der Waals surface area contributed by atoms with E-state index in [0.717, 1.165) is 11.3 Å². The van der Waals surface area contributed by atoms with Gasteiger partial charge < -0.3 is 15.0 Å². The van der Waals surface area contributed by atoms with Gasteiger partial charge in [-0.25, -0.2) is 0 Å². The van der Waals surface area contributed by atoms with E-state index in [4.69, 9.17) is 10.5 Å². The molecule has 2 N–H and O–H groups in total. The Morgan fingerprint density at radius 1 is 1.13 bits per heavy atom. The summed E-state index contributed by atoms with van der Waals surface area (Å²) in [6.45, 7) is 7.60. The molecule has 3 rings (SSSR count). The number of fused-ring (bicyclic) bond motifs is 1. The van der Waals surface area contributed by atoms with Gasteiger partial charge in [-0.3, -0.25) is 0 Å². The fraction of sp³-hybridized carbons (Fsp3) is 0.300. The predicted octanol–water partition coefficient (Wildman–Crippen LogP) is 4.57. The van der Waals surface area contributed by atoms with Crippen LogP contribution in [0.25, 0.3) is 10.9 Å². The first-order chi connectivity index (χ1) is 11.1. The molecule has 0 aliphatic heterocycles. The van der Waals surface area contributed by atoms with Crippen LogP contribution in [0.2, 0.25) is 0 Å². The van der Waals surface area contributed by atoms with Crippen LogP contribution in [0.4, 0.5) is 0 Å². The van der Waals surface area contributed by atoms with Crippen LogP contribution in [0.3, 0.4) is 0 Å². The quantitative estimate of drug-likeness (QED) is 0.750. The number of ether oxygens (including phenoxy) is 1. The van der Waals surface area contributed by atoms with Crippen molar-refractivity contribution >= 4 is 10.9 Å². The Bertz CT molecular complexity index is 818. The summed E-state index contributed by atoms with van der Waals surface area (Å²) < 4.78 is 8.29. The number of rotatable bonds is 5. The lowest BCUT2D eigenvalue weighted by atomic mass is 10.1. The molecule has 23 heavy (non-hydrogen) atoms. The minimum absolute atomic E-state index is 0.401. The molecule has 3 aromatic rings. The van der Waals surface area contributed by atoms with Crippen LogP contribution >= 0.6 is 0 Å². The number of hydrogen-bond acceptors (Lipinski definition) is 2. The van der Waals surface area contributed by atoms with Gasteiger partial charge >= 0.3 is 0 Å². The summed E-state index contributed by atoms with van der Waals surface area (Å²) in [5.74, 6) is 0.911. The van der Waals surface area contributed by atoms with Crippen molar-refractivity contribution in [1.82, 2.24) is 4.57 Å². The summed E-state index contributed by atoms with van der Waals surface area (Å²) in [5.41, 5.74) is 10.6.